The van der Waals surface area contributed by atoms with Gasteiger partial charge in [-0.2, -0.15) is 10.2 Å². The summed E-state index contributed by atoms with van der Waals surface area (Å²) in [4.78, 5) is 16.5. The smallest absolute Gasteiger partial charge is 0.254 e. The topological polar surface area (TPSA) is 86.9 Å². The average molecular weight is 402 g/mol. The third kappa shape index (κ3) is 4.22. The number of pyridine rings is 1. The summed E-state index contributed by atoms with van der Waals surface area (Å²) in [7, 11) is 3.42. The van der Waals surface area contributed by atoms with Gasteiger partial charge in [-0.25, -0.2) is 0 Å². The van der Waals surface area contributed by atoms with Gasteiger partial charge in [0.1, 0.15) is 5.75 Å². The predicted molar refractivity (Wildman–Crippen MR) is 113 cm³/mol. The van der Waals surface area contributed by atoms with Crippen molar-refractivity contribution in [2.45, 2.75) is 6.54 Å². The lowest BCUT2D eigenvalue weighted by molar-refractivity contribution is 0.0952. The number of nitrogens with one attached hydrogen (secondary N) is 1. The Labute approximate surface area is 174 Å². The van der Waals surface area contributed by atoms with Crippen molar-refractivity contribution in [1.82, 2.24) is 29.9 Å². The highest BCUT2D eigenvalue weighted by molar-refractivity contribution is 5.93. The van der Waals surface area contributed by atoms with Crippen LogP contribution in [-0.2, 0) is 13.6 Å². The number of rotatable bonds is 7. The van der Waals surface area contributed by atoms with E-state index in [1.54, 1.807) is 43.6 Å². The van der Waals surface area contributed by atoms with Gasteiger partial charge in [0.15, 0.2) is 0 Å². The highest BCUT2D eigenvalue weighted by Crippen LogP contribution is 2.28. The fraction of sp³-hybridized carbons (Fsp3) is 0.182. The predicted octanol–water partition coefficient (Wildman–Crippen LogP) is 2.78. The SMILES string of the molecule is COc1cccc(-c2cc(-c3cccnc3)nn2CCNC(=O)c2cnn(C)c2)c1. The Balaban J connectivity index is 1.58. The molecule has 152 valence electrons. The van der Waals surface area contributed by atoms with Gasteiger partial charge in [0.2, 0.25) is 0 Å². The monoisotopic (exact) mass is 402 g/mol. The van der Waals surface area contributed by atoms with Gasteiger partial charge in [-0.05, 0) is 30.3 Å². The molecule has 0 saturated heterocycles. The van der Waals surface area contributed by atoms with Gasteiger partial charge >= 0.3 is 0 Å². The number of nitrogens with zero attached hydrogens (tertiary/aromatic N) is 5. The maximum atomic E-state index is 12.3. The molecule has 0 atom stereocenters. The van der Waals surface area contributed by atoms with Gasteiger partial charge in [0.05, 0.1) is 36.8 Å². The summed E-state index contributed by atoms with van der Waals surface area (Å²) >= 11 is 0. The minimum absolute atomic E-state index is 0.161. The number of carbonyl (C=O) groups excluding carboxylic acids is 1. The van der Waals surface area contributed by atoms with Crippen LogP contribution in [0.5, 0.6) is 5.75 Å². The van der Waals surface area contributed by atoms with Gasteiger partial charge < -0.3 is 10.1 Å². The quantitative estimate of drug-likeness (QED) is 0.514. The first-order valence-electron chi connectivity index (χ1n) is 9.53. The molecule has 30 heavy (non-hydrogen) atoms. The Bertz CT molecular complexity index is 1150. The molecule has 3 heterocycles. The Morgan fingerprint density at radius 2 is 2.00 bits per heavy atom. The molecule has 4 rings (SSSR count). The van der Waals surface area contributed by atoms with Crippen LogP contribution in [0.25, 0.3) is 22.5 Å². The van der Waals surface area contributed by atoms with Crippen LogP contribution in [0.3, 0.4) is 0 Å². The molecule has 8 nitrogen and oxygen atoms in total. The van der Waals surface area contributed by atoms with E-state index in [4.69, 9.17) is 9.84 Å². The number of aromatic nitrogens is 5. The second-order valence-electron chi connectivity index (χ2n) is 6.77. The minimum atomic E-state index is -0.161. The zero-order valence-corrected chi connectivity index (χ0v) is 16.8. The first-order valence-corrected chi connectivity index (χ1v) is 9.53. The molecule has 0 bridgehead atoms. The van der Waals surface area contributed by atoms with E-state index in [1.807, 2.05) is 47.1 Å². The molecule has 0 aliphatic heterocycles. The average Bonchev–Trinajstić information content (AvgIpc) is 3.41. The van der Waals surface area contributed by atoms with Crippen LogP contribution in [0.1, 0.15) is 10.4 Å². The number of carbonyl (C=O) groups is 1. The van der Waals surface area contributed by atoms with Crippen molar-refractivity contribution in [1.29, 1.82) is 0 Å². The Morgan fingerprint density at radius 1 is 1.13 bits per heavy atom. The van der Waals surface area contributed by atoms with E-state index in [1.165, 1.54) is 0 Å². The summed E-state index contributed by atoms with van der Waals surface area (Å²) in [5, 5.41) is 11.7. The molecule has 0 spiro atoms. The summed E-state index contributed by atoms with van der Waals surface area (Å²) < 4.78 is 8.86. The second kappa shape index (κ2) is 8.60. The molecule has 1 aromatic carbocycles. The van der Waals surface area contributed by atoms with Crippen LogP contribution < -0.4 is 10.1 Å². The van der Waals surface area contributed by atoms with Crippen LogP contribution in [0.4, 0.5) is 0 Å². The molecule has 4 aromatic rings. The maximum absolute atomic E-state index is 12.3. The Kier molecular flexibility index (Phi) is 5.56. The van der Waals surface area contributed by atoms with E-state index in [9.17, 15) is 4.79 Å². The minimum Gasteiger partial charge on any atom is -0.497 e. The largest absolute Gasteiger partial charge is 0.497 e. The zero-order chi connectivity index (χ0) is 20.9. The summed E-state index contributed by atoms with van der Waals surface area (Å²) in [5.41, 5.74) is 4.19. The molecule has 1 N–H and O–H groups in total. The van der Waals surface area contributed by atoms with Gasteiger partial charge in [0.25, 0.3) is 5.91 Å². The number of methoxy groups -OCH3 is 1. The van der Waals surface area contributed by atoms with Crippen molar-refractivity contribution >= 4 is 5.91 Å². The van der Waals surface area contributed by atoms with Crippen LogP contribution in [0.2, 0.25) is 0 Å². The number of hydrogen-bond donors (Lipinski definition) is 1. The molecule has 0 aliphatic rings. The Hall–Kier alpha value is -3.94. The molecule has 0 radical (unpaired) electrons. The van der Waals surface area contributed by atoms with E-state index in [0.717, 1.165) is 28.3 Å². The molecular weight excluding hydrogens is 380 g/mol. The number of amides is 1. The lowest BCUT2D eigenvalue weighted by Crippen LogP contribution is -2.27. The molecule has 0 unspecified atom stereocenters. The zero-order valence-electron chi connectivity index (χ0n) is 16.8. The number of hydrogen-bond acceptors (Lipinski definition) is 5. The van der Waals surface area contributed by atoms with Crippen molar-refractivity contribution < 1.29 is 9.53 Å². The van der Waals surface area contributed by atoms with Crippen LogP contribution >= 0.6 is 0 Å². The lowest BCUT2D eigenvalue weighted by Gasteiger charge is -2.09. The summed E-state index contributed by atoms with van der Waals surface area (Å²) in [6, 6.07) is 13.7. The number of aryl methyl sites for hydroxylation is 1. The maximum Gasteiger partial charge on any atom is 0.254 e. The van der Waals surface area contributed by atoms with Crippen molar-refractivity contribution in [3.05, 3.63) is 72.8 Å². The summed E-state index contributed by atoms with van der Waals surface area (Å²) in [6.07, 6.45) is 6.75. The highest BCUT2D eigenvalue weighted by atomic mass is 16.5. The molecule has 0 aliphatic carbocycles. The standard InChI is InChI=1S/C22H22N6O2/c1-27-15-18(14-25-27)22(29)24-9-10-28-21(16-5-3-7-19(11-16)30-2)12-20(26-28)17-6-4-8-23-13-17/h3-8,11-15H,9-10H2,1-2H3,(H,24,29). The normalized spacial score (nSPS) is 10.7. The molecule has 0 fully saturated rings. The molecule has 1 amide bonds. The van der Waals surface area contributed by atoms with E-state index < -0.39 is 0 Å². The van der Waals surface area contributed by atoms with Crippen molar-refractivity contribution in [3.63, 3.8) is 0 Å². The van der Waals surface area contributed by atoms with Crippen molar-refractivity contribution in [2.24, 2.45) is 7.05 Å². The van der Waals surface area contributed by atoms with Gasteiger partial charge in [-0.1, -0.05) is 12.1 Å². The number of ether oxygens (including phenoxy) is 1. The molecule has 8 heteroatoms. The fourth-order valence-electron chi connectivity index (χ4n) is 3.17. The fourth-order valence-corrected chi connectivity index (χ4v) is 3.17. The summed E-state index contributed by atoms with van der Waals surface area (Å²) in [6.45, 7) is 0.942. The molecular formula is C22H22N6O2. The van der Waals surface area contributed by atoms with Gasteiger partial charge in [0, 0.05) is 43.3 Å². The third-order valence-electron chi connectivity index (χ3n) is 4.68. The first-order chi connectivity index (χ1) is 14.6. The molecule has 0 saturated carbocycles. The van der Waals surface area contributed by atoms with Gasteiger partial charge in [-0.3, -0.25) is 19.1 Å². The van der Waals surface area contributed by atoms with Crippen molar-refractivity contribution in [3.8, 4) is 28.3 Å². The van der Waals surface area contributed by atoms with Crippen LogP contribution in [-0.4, -0.2) is 44.1 Å². The van der Waals surface area contributed by atoms with Crippen LogP contribution in [0.15, 0.2) is 67.3 Å². The van der Waals surface area contributed by atoms with E-state index in [0.29, 0.717) is 18.7 Å². The summed E-state index contributed by atoms with van der Waals surface area (Å²) in [5.74, 6) is 0.610. The molecule has 3 aromatic heterocycles. The van der Waals surface area contributed by atoms with Gasteiger partial charge in [-0.15, -0.1) is 0 Å². The highest BCUT2D eigenvalue weighted by Gasteiger charge is 2.13. The second-order valence-corrected chi connectivity index (χ2v) is 6.77. The van der Waals surface area contributed by atoms with E-state index in [-0.39, 0.29) is 5.91 Å². The van der Waals surface area contributed by atoms with E-state index in [2.05, 4.69) is 15.4 Å². The van der Waals surface area contributed by atoms with Crippen molar-refractivity contribution in [2.75, 3.05) is 13.7 Å². The first kappa shape index (κ1) is 19.4. The van der Waals surface area contributed by atoms with E-state index >= 15 is 0 Å². The number of benzene rings is 1. The Morgan fingerprint density at radius 3 is 2.73 bits per heavy atom. The lowest BCUT2D eigenvalue weighted by atomic mass is 10.1. The third-order valence-corrected chi connectivity index (χ3v) is 4.68. The van der Waals surface area contributed by atoms with Crippen LogP contribution in [0, 0.1) is 0 Å².